The van der Waals surface area contributed by atoms with Gasteiger partial charge in [-0.15, -0.1) is 0 Å². The minimum Gasteiger partial charge on any atom is -0.387 e. The lowest BCUT2D eigenvalue weighted by molar-refractivity contribution is 0.183. The van der Waals surface area contributed by atoms with Gasteiger partial charge in [-0.3, -0.25) is 0 Å². The number of aryl methyl sites for hydroxylation is 1. The first-order valence-electron chi connectivity index (χ1n) is 7.78. The number of aliphatic hydroxyl groups excluding tert-OH is 1. The molecule has 1 heterocycles. The van der Waals surface area contributed by atoms with Crippen molar-refractivity contribution in [3.8, 4) is 0 Å². The molecule has 3 rings (SSSR count). The van der Waals surface area contributed by atoms with Crippen LogP contribution in [0.25, 0.3) is 10.9 Å². The highest BCUT2D eigenvalue weighted by Gasteiger charge is 2.21. The standard InChI is InChI=1S/C18H19ClN2O3S/c1-12-15(19)7-5-9-18(12)25(23,24)20-10-17(22)14-11-21(2)16-8-4-3-6-13(14)16/h3-9,11,17,20,22H,10H2,1-2H3. The monoisotopic (exact) mass is 378 g/mol. The van der Waals surface area contributed by atoms with Crippen LogP contribution in [0.3, 0.4) is 0 Å². The molecule has 25 heavy (non-hydrogen) atoms. The van der Waals surface area contributed by atoms with Gasteiger partial charge in [-0.2, -0.15) is 0 Å². The molecular weight excluding hydrogens is 360 g/mol. The van der Waals surface area contributed by atoms with Gasteiger partial charge in [0.25, 0.3) is 0 Å². The van der Waals surface area contributed by atoms with Crippen molar-refractivity contribution in [2.45, 2.75) is 17.9 Å². The van der Waals surface area contributed by atoms with E-state index in [0.717, 1.165) is 10.9 Å². The van der Waals surface area contributed by atoms with Crippen LogP contribution >= 0.6 is 11.6 Å². The Balaban J connectivity index is 1.84. The fraction of sp³-hybridized carbons (Fsp3) is 0.222. The molecule has 0 saturated carbocycles. The Bertz CT molecular complexity index is 1030. The van der Waals surface area contributed by atoms with Crippen LogP contribution in [0.5, 0.6) is 0 Å². The van der Waals surface area contributed by atoms with Crippen molar-refractivity contribution in [2.24, 2.45) is 7.05 Å². The van der Waals surface area contributed by atoms with Crippen molar-refractivity contribution in [3.63, 3.8) is 0 Å². The number of hydrogen-bond donors (Lipinski definition) is 2. The molecule has 1 aromatic heterocycles. The Hall–Kier alpha value is -1.86. The molecular formula is C18H19ClN2O3S. The topological polar surface area (TPSA) is 71.3 Å². The summed E-state index contributed by atoms with van der Waals surface area (Å²) in [5, 5.41) is 11.8. The highest BCUT2D eigenvalue weighted by atomic mass is 35.5. The molecule has 0 radical (unpaired) electrons. The zero-order valence-electron chi connectivity index (χ0n) is 13.9. The minimum absolute atomic E-state index is 0.116. The Morgan fingerprint density at radius 2 is 1.92 bits per heavy atom. The SMILES string of the molecule is Cc1c(Cl)cccc1S(=O)(=O)NCC(O)c1cn(C)c2ccccc12. The number of halogens is 1. The molecule has 0 aliphatic carbocycles. The Morgan fingerprint density at radius 3 is 2.68 bits per heavy atom. The first kappa shape index (κ1) is 17.9. The smallest absolute Gasteiger partial charge is 0.240 e. The molecule has 3 aromatic rings. The van der Waals surface area contributed by atoms with Crippen molar-refractivity contribution in [1.82, 2.24) is 9.29 Å². The average Bonchev–Trinajstić information content (AvgIpc) is 2.92. The number of aliphatic hydroxyl groups is 1. The fourth-order valence-electron chi connectivity index (χ4n) is 2.89. The lowest BCUT2D eigenvalue weighted by Crippen LogP contribution is -2.29. The third-order valence-corrected chi connectivity index (χ3v) is 6.24. The minimum atomic E-state index is -3.76. The van der Waals surface area contributed by atoms with E-state index in [9.17, 15) is 13.5 Å². The van der Waals surface area contributed by atoms with E-state index in [0.29, 0.717) is 16.1 Å². The number of hydrogen-bond acceptors (Lipinski definition) is 3. The van der Waals surface area contributed by atoms with Gasteiger partial charge in [-0.25, -0.2) is 13.1 Å². The molecule has 2 N–H and O–H groups in total. The lowest BCUT2D eigenvalue weighted by atomic mass is 10.1. The summed E-state index contributed by atoms with van der Waals surface area (Å²) in [5.74, 6) is 0. The van der Waals surface area contributed by atoms with E-state index in [4.69, 9.17) is 11.6 Å². The molecule has 0 bridgehead atoms. The summed E-state index contributed by atoms with van der Waals surface area (Å²) in [4.78, 5) is 0.116. The third kappa shape index (κ3) is 3.43. The van der Waals surface area contributed by atoms with Crippen molar-refractivity contribution >= 4 is 32.5 Å². The van der Waals surface area contributed by atoms with Crippen LogP contribution in [0.15, 0.2) is 53.6 Å². The molecule has 132 valence electrons. The van der Waals surface area contributed by atoms with Gasteiger partial charge in [0.05, 0.1) is 11.0 Å². The summed E-state index contributed by atoms with van der Waals surface area (Å²) >= 11 is 6.00. The maximum absolute atomic E-state index is 12.5. The van der Waals surface area contributed by atoms with E-state index in [1.54, 1.807) is 19.1 Å². The zero-order valence-corrected chi connectivity index (χ0v) is 15.5. The van der Waals surface area contributed by atoms with E-state index in [1.165, 1.54) is 6.07 Å². The van der Waals surface area contributed by atoms with E-state index in [1.807, 2.05) is 42.1 Å². The van der Waals surface area contributed by atoms with Gasteiger partial charge in [-0.05, 0) is 30.7 Å². The van der Waals surface area contributed by atoms with Crippen LogP contribution < -0.4 is 4.72 Å². The second-order valence-electron chi connectivity index (χ2n) is 5.94. The second kappa shape index (κ2) is 6.80. The van der Waals surface area contributed by atoms with Crippen LogP contribution in [0.1, 0.15) is 17.2 Å². The van der Waals surface area contributed by atoms with Gasteiger partial charge >= 0.3 is 0 Å². The van der Waals surface area contributed by atoms with Gasteiger partial charge in [0, 0.05) is 41.3 Å². The number of sulfonamides is 1. The summed E-state index contributed by atoms with van der Waals surface area (Å²) in [6, 6.07) is 12.4. The number of nitrogens with one attached hydrogen (secondary N) is 1. The molecule has 7 heteroatoms. The van der Waals surface area contributed by atoms with E-state index >= 15 is 0 Å². The molecule has 0 aliphatic heterocycles. The lowest BCUT2D eigenvalue weighted by Gasteiger charge is -2.13. The number of fused-ring (bicyclic) bond motifs is 1. The van der Waals surface area contributed by atoms with E-state index < -0.39 is 16.1 Å². The molecule has 0 spiro atoms. The Labute approximate surface area is 151 Å². The first-order chi connectivity index (χ1) is 11.8. The van der Waals surface area contributed by atoms with E-state index in [2.05, 4.69) is 4.72 Å². The molecule has 1 unspecified atom stereocenters. The molecule has 0 amide bonds. The fourth-order valence-corrected chi connectivity index (χ4v) is 4.43. The predicted molar refractivity (Wildman–Crippen MR) is 99.3 cm³/mol. The molecule has 0 saturated heterocycles. The van der Waals surface area contributed by atoms with Crippen molar-refractivity contribution < 1.29 is 13.5 Å². The molecule has 1 atom stereocenters. The van der Waals surface area contributed by atoms with Crippen molar-refractivity contribution in [1.29, 1.82) is 0 Å². The summed E-state index contributed by atoms with van der Waals surface area (Å²) in [6.45, 7) is 1.53. The van der Waals surface area contributed by atoms with Crippen molar-refractivity contribution in [3.05, 3.63) is 64.8 Å². The van der Waals surface area contributed by atoms with Crippen LogP contribution in [0.2, 0.25) is 5.02 Å². The summed E-state index contributed by atoms with van der Waals surface area (Å²) in [7, 11) is -1.88. The van der Waals surface area contributed by atoms with Crippen LogP contribution in [-0.2, 0) is 17.1 Å². The zero-order chi connectivity index (χ0) is 18.2. The van der Waals surface area contributed by atoms with Crippen molar-refractivity contribution in [2.75, 3.05) is 6.54 Å². The maximum Gasteiger partial charge on any atom is 0.240 e. The van der Waals surface area contributed by atoms with E-state index in [-0.39, 0.29) is 11.4 Å². The van der Waals surface area contributed by atoms with Gasteiger partial charge in [0.15, 0.2) is 0 Å². The van der Waals surface area contributed by atoms with Gasteiger partial charge in [-0.1, -0.05) is 35.9 Å². The number of para-hydroxylation sites is 1. The summed E-state index contributed by atoms with van der Waals surface area (Å²) in [5.41, 5.74) is 2.14. The molecule has 0 aliphatic rings. The predicted octanol–water partition coefficient (Wildman–Crippen LogP) is 3.15. The van der Waals surface area contributed by atoms with Crippen LogP contribution in [0.4, 0.5) is 0 Å². The largest absolute Gasteiger partial charge is 0.387 e. The summed E-state index contributed by atoms with van der Waals surface area (Å²) in [6.07, 6.45) is 0.856. The Morgan fingerprint density at radius 1 is 1.20 bits per heavy atom. The normalized spacial score (nSPS) is 13.3. The second-order valence-corrected chi connectivity index (χ2v) is 8.09. The van der Waals surface area contributed by atoms with Gasteiger partial charge < -0.3 is 9.67 Å². The first-order valence-corrected chi connectivity index (χ1v) is 9.64. The van der Waals surface area contributed by atoms with Gasteiger partial charge in [0.1, 0.15) is 0 Å². The maximum atomic E-state index is 12.5. The summed E-state index contributed by atoms with van der Waals surface area (Å²) < 4.78 is 29.4. The number of benzene rings is 2. The van der Waals surface area contributed by atoms with Crippen LogP contribution in [-0.4, -0.2) is 24.6 Å². The number of nitrogens with zero attached hydrogens (tertiary/aromatic N) is 1. The molecule has 2 aromatic carbocycles. The van der Waals surface area contributed by atoms with Crippen LogP contribution in [0, 0.1) is 6.92 Å². The quantitative estimate of drug-likeness (QED) is 0.716. The van der Waals surface area contributed by atoms with Gasteiger partial charge in [0.2, 0.25) is 10.0 Å². The number of aromatic nitrogens is 1. The molecule has 5 nitrogen and oxygen atoms in total. The highest BCUT2D eigenvalue weighted by molar-refractivity contribution is 7.89. The highest BCUT2D eigenvalue weighted by Crippen LogP contribution is 2.26. The average molecular weight is 379 g/mol. The third-order valence-electron chi connectivity index (χ3n) is 4.26. The Kier molecular flexibility index (Phi) is 4.88. The molecule has 0 fully saturated rings. The number of rotatable bonds is 5.